The molecule has 1 aromatic carbocycles. The topological polar surface area (TPSA) is 52.8 Å². The smallest absolute Gasteiger partial charge is 0.236 e. The van der Waals surface area contributed by atoms with Crippen LogP contribution in [0.3, 0.4) is 0 Å². The highest BCUT2D eigenvalue weighted by atomic mass is 16.3. The molecule has 4 rings (SSSR count). The van der Waals surface area contributed by atoms with E-state index in [0.29, 0.717) is 24.4 Å². The van der Waals surface area contributed by atoms with Gasteiger partial charge in [-0.25, -0.2) is 4.98 Å². The van der Waals surface area contributed by atoms with Gasteiger partial charge in [-0.2, -0.15) is 0 Å². The van der Waals surface area contributed by atoms with Crippen LogP contribution in [0.2, 0.25) is 0 Å². The molecule has 150 valence electrons. The van der Waals surface area contributed by atoms with E-state index >= 15 is 0 Å². The lowest BCUT2D eigenvalue weighted by atomic mass is 10.0. The molecular formula is C22H30N4O2. The maximum absolute atomic E-state index is 12.6. The van der Waals surface area contributed by atoms with Crippen molar-refractivity contribution in [2.24, 2.45) is 0 Å². The van der Waals surface area contributed by atoms with E-state index in [9.17, 15) is 4.79 Å². The molecule has 0 aliphatic carbocycles. The molecule has 6 heteroatoms. The van der Waals surface area contributed by atoms with E-state index in [4.69, 9.17) is 4.42 Å². The van der Waals surface area contributed by atoms with Gasteiger partial charge in [0.25, 0.3) is 0 Å². The van der Waals surface area contributed by atoms with Crippen molar-refractivity contribution in [3.8, 4) is 11.5 Å². The van der Waals surface area contributed by atoms with Crippen molar-refractivity contribution in [2.45, 2.75) is 38.8 Å². The van der Waals surface area contributed by atoms with Crippen molar-refractivity contribution in [3.05, 3.63) is 42.3 Å². The Morgan fingerprint density at radius 2 is 1.82 bits per heavy atom. The van der Waals surface area contributed by atoms with Crippen LogP contribution in [0.5, 0.6) is 0 Å². The maximum Gasteiger partial charge on any atom is 0.236 e. The SMILES string of the molecule is CC1CCCCN1C(=O)CN1CCN(Cc2coc(-c3ccccc3)n2)CC1. The quantitative estimate of drug-likeness (QED) is 0.796. The minimum Gasteiger partial charge on any atom is -0.444 e. The number of benzene rings is 1. The molecule has 0 bridgehead atoms. The van der Waals surface area contributed by atoms with E-state index < -0.39 is 0 Å². The third-order valence-electron chi connectivity index (χ3n) is 5.91. The number of nitrogens with zero attached hydrogens (tertiary/aromatic N) is 4. The molecule has 3 heterocycles. The molecule has 0 radical (unpaired) electrons. The van der Waals surface area contributed by atoms with Gasteiger partial charge in [0.05, 0.1) is 12.2 Å². The van der Waals surface area contributed by atoms with Crippen molar-refractivity contribution < 1.29 is 9.21 Å². The van der Waals surface area contributed by atoms with Crippen molar-refractivity contribution >= 4 is 5.91 Å². The van der Waals surface area contributed by atoms with Gasteiger partial charge >= 0.3 is 0 Å². The van der Waals surface area contributed by atoms with Gasteiger partial charge in [0, 0.05) is 50.9 Å². The number of piperidine rings is 1. The molecular weight excluding hydrogens is 352 g/mol. The fourth-order valence-corrected chi connectivity index (χ4v) is 4.18. The molecule has 2 aromatic rings. The van der Waals surface area contributed by atoms with Gasteiger partial charge in [0.2, 0.25) is 11.8 Å². The van der Waals surface area contributed by atoms with Gasteiger partial charge in [0.15, 0.2) is 0 Å². The Kier molecular flexibility index (Phi) is 6.07. The van der Waals surface area contributed by atoms with Crippen LogP contribution >= 0.6 is 0 Å². The maximum atomic E-state index is 12.6. The van der Waals surface area contributed by atoms with E-state index in [0.717, 1.165) is 63.4 Å². The predicted octanol–water partition coefficient (Wildman–Crippen LogP) is 2.86. The number of hydrogen-bond donors (Lipinski definition) is 0. The summed E-state index contributed by atoms with van der Waals surface area (Å²) in [5, 5.41) is 0. The second-order valence-corrected chi connectivity index (χ2v) is 7.99. The highest BCUT2D eigenvalue weighted by Gasteiger charge is 2.26. The molecule has 6 nitrogen and oxygen atoms in total. The van der Waals surface area contributed by atoms with Gasteiger partial charge in [0.1, 0.15) is 6.26 Å². The Labute approximate surface area is 167 Å². The number of rotatable bonds is 5. The number of aromatic nitrogens is 1. The average Bonchev–Trinajstić information content (AvgIpc) is 3.19. The zero-order valence-corrected chi connectivity index (χ0v) is 16.7. The molecule has 1 unspecified atom stereocenters. The lowest BCUT2D eigenvalue weighted by Crippen LogP contribution is -2.51. The fraction of sp³-hybridized carbons (Fsp3) is 0.545. The van der Waals surface area contributed by atoms with Gasteiger partial charge < -0.3 is 9.32 Å². The lowest BCUT2D eigenvalue weighted by molar-refractivity contribution is -0.136. The molecule has 2 aliphatic heterocycles. The summed E-state index contributed by atoms with van der Waals surface area (Å²) in [5.74, 6) is 0.972. The minimum atomic E-state index is 0.296. The van der Waals surface area contributed by atoms with Crippen molar-refractivity contribution in [1.82, 2.24) is 19.7 Å². The Hall–Kier alpha value is -2.18. The second kappa shape index (κ2) is 8.88. The van der Waals surface area contributed by atoms with Crippen LogP contribution in [-0.2, 0) is 11.3 Å². The zero-order valence-electron chi connectivity index (χ0n) is 16.7. The van der Waals surface area contributed by atoms with E-state index in [1.54, 1.807) is 6.26 Å². The number of amides is 1. The first-order chi connectivity index (χ1) is 13.7. The molecule has 28 heavy (non-hydrogen) atoms. The van der Waals surface area contributed by atoms with Gasteiger partial charge in [-0.3, -0.25) is 14.6 Å². The Bertz CT molecular complexity index is 768. The summed E-state index contributed by atoms with van der Waals surface area (Å²) in [6.07, 6.45) is 5.29. The molecule has 0 spiro atoms. The summed E-state index contributed by atoms with van der Waals surface area (Å²) < 4.78 is 5.64. The molecule has 1 amide bonds. The number of carbonyl (C=O) groups excluding carboxylic acids is 1. The molecule has 1 atom stereocenters. The van der Waals surface area contributed by atoms with Gasteiger partial charge in [-0.1, -0.05) is 18.2 Å². The van der Waals surface area contributed by atoms with Gasteiger partial charge in [-0.05, 0) is 38.3 Å². The molecule has 0 saturated carbocycles. The Morgan fingerprint density at radius 1 is 1.07 bits per heavy atom. The third kappa shape index (κ3) is 4.62. The van der Waals surface area contributed by atoms with E-state index in [1.165, 1.54) is 6.42 Å². The van der Waals surface area contributed by atoms with Crippen LogP contribution in [0.25, 0.3) is 11.5 Å². The average molecular weight is 383 g/mol. The van der Waals surface area contributed by atoms with E-state index in [-0.39, 0.29) is 0 Å². The number of likely N-dealkylation sites (tertiary alicyclic amines) is 1. The number of piperazine rings is 1. The standard InChI is InChI=1S/C22H30N4O2/c1-18-7-5-6-10-26(18)21(27)16-25-13-11-24(12-14-25)15-20-17-28-22(23-20)19-8-3-2-4-9-19/h2-4,8-9,17-18H,5-7,10-16H2,1H3. The van der Waals surface area contributed by atoms with E-state index in [2.05, 4.69) is 26.6 Å². The van der Waals surface area contributed by atoms with Crippen LogP contribution in [0.4, 0.5) is 0 Å². The van der Waals surface area contributed by atoms with Gasteiger partial charge in [-0.15, -0.1) is 0 Å². The van der Waals surface area contributed by atoms with Crippen LogP contribution in [-0.4, -0.2) is 70.9 Å². The van der Waals surface area contributed by atoms with Crippen LogP contribution in [0.15, 0.2) is 41.0 Å². The first-order valence-electron chi connectivity index (χ1n) is 10.4. The van der Waals surface area contributed by atoms with Crippen LogP contribution < -0.4 is 0 Å². The summed E-state index contributed by atoms with van der Waals surface area (Å²) in [5.41, 5.74) is 1.97. The van der Waals surface area contributed by atoms with Crippen molar-refractivity contribution in [2.75, 3.05) is 39.3 Å². The minimum absolute atomic E-state index is 0.296. The third-order valence-corrected chi connectivity index (χ3v) is 5.91. The number of oxazole rings is 1. The first-order valence-corrected chi connectivity index (χ1v) is 10.4. The summed E-state index contributed by atoms with van der Waals surface area (Å²) in [6.45, 7) is 8.22. The molecule has 2 fully saturated rings. The molecule has 2 saturated heterocycles. The lowest BCUT2D eigenvalue weighted by Gasteiger charge is -2.37. The largest absolute Gasteiger partial charge is 0.444 e. The first kappa shape index (κ1) is 19.2. The Balaban J connectivity index is 1.24. The monoisotopic (exact) mass is 382 g/mol. The highest BCUT2D eigenvalue weighted by molar-refractivity contribution is 5.78. The van der Waals surface area contributed by atoms with Crippen molar-refractivity contribution in [1.29, 1.82) is 0 Å². The molecule has 0 N–H and O–H groups in total. The number of hydrogen-bond acceptors (Lipinski definition) is 5. The molecule has 2 aliphatic rings. The predicted molar refractivity (Wildman–Crippen MR) is 109 cm³/mol. The molecule has 1 aromatic heterocycles. The summed E-state index contributed by atoms with van der Waals surface area (Å²) in [4.78, 5) is 24.0. The Morgan fingerprint density at radius 3 is 2.57 bits per heavy atom. The number of carbonyl (C=O) groups is 1. The van der Waals surface area contributed by atoms with Crippen LogP contribution in [0, 0.1) is 0 Å². The highest BCUT2D eigenvalue weighted by Crippen LogP contribution is 2.20. The zero-order chi connectivity index (χ0) is 19.3. The normalized spacial score (nSPS) is 21.8. The summed E-state index contributed by atoms with van der Waals surface area (Å²) >= 11 is 0. The van der Waals surface area contributed by atoms with E-state index in [1.807, 2.05) is 30.3 Å². The fourth-order valence-electron chi connectivity index (χ4n) is 4.18. The van der Waals surface area contributed by atoms with Crippen LogP contribution in [0.1, 0.15) is 31.9 Å². The summed E-state index contributed by atoms with van der Waals surface area (Å²) in [6, 6.07) is 10.4. The summed E-state index contributed by atoms with van der Waals surface area (Å²) in [7, 11) is 0. The van der Waals surface area contributed by atoms with Crippen molar-refractivity contribution in [3.63, 3.8) is 0 Å². The second-order valence-electron chi connectivity index (χ2n) is 7.99.